The number of pyridine rings is 1. The van der Waals surface area contributed by atoms with E-state index in [9.17, 15) is 4.79 Å². The zero-order valence-corrected chi connectivity index (χ0v) is 13.5. The van der Waals surface area contributed by atoms with Crippen LogP contribution in [0.1, 0.15) is 21.6 Å². The van der Waals surface area contributed by atoms with Gasteiger partial charge in [0.15, 0.2) is 0 Å². The number of benzene rings is 1. The van der Waals surface area contributed by atoms with E-state index in [2.05, 4.69) is 17.3 Å². The molecule has 5 nitrogen and oxygen atoms in total. The molecule has 23 heavy (non-hydrogen) atoms. The zero-order valence-electron chi connectivity index (χ0n) is 13.5. The van der Waals surface area contributed by atoms with E-state index < -0.39 is 0 Å². The summed E-state index contributed by atoms with van der Waals surface area (Å²) in [6.07, 6.45) is 0.892. The van der Waals surface area contributed by atoms with Crippen molar-refractivity contribution in [1.29, 1.82) is 0 Å². The number of piperazine rings is 1. The molecule has 1 N–H and O–H groups in total. The van der Waals surface area contributed by atoms with Crippen LogP contribution in [0.4, 0.5) is 0 Å². The maximum Gasteiger partial charge on any atom is 0.255 e. The Morgan fingerprint density at radius 2 is 1.96 bits per heavy atom. The minimum Gasteiger partial charge on any atom is -0.336 e. The number of carbonyl (C=O) groups excluding carboxylic acids is 1. The highest BCUT2D eigenvalue weighted by molar-refractivity contribution is 6.07. The fourth-order valence-electron chi connectivity index (χ4n) is 3.53. The molecule has 1 saturated heterocycles. The van der Waals surface area contributed by atoms with Gasteiger partial charge >= 0.3 is 0 Å². The van der Waals surface area contributed by atoms with Gasteiger partial charge in [-0.3, -0.25) is 9.78 Å². The van der Waals surface area contributed by atoms with Crippen LogP contribution in [0.15, 0.2) is 24.3 Å². The van der Waals surface area contributed by atoms with Crippen molar-refractivity contribution in [2.45, 2.75) is 13.0 Å². The Balaban J connectivity index is 1.82. The average Bonchev–Trinajstić information content (AvgIpc) is 2.59. The SMILES string of the molecule is CN1CCN(C(=O)c2c3c(nc4ccccc24)CCNC3)CC1. The van der Waals surface area contributed by atoms with Gasteiger partial charge in [0.1, 0.15) is 0 Å². The average molecular weight is 310 g/mol. The minimum atomic E-state index is 0.164. The summed E-state index contributed by atoms with van der Waals surface area (Å²) in [6, 6.07) is 8.03. The summed E-state index contributed by atoms with van der Waals surface area (Å²) in [5.74, 6) is 0.164. The molecule has 2 aromatic rings. The van der Waals surface area contributed by atoms with Gasteiger partial charge in [-0.15, -0.1) is 0 Å². The molecule has 3 heterocycles. The summed E-state index contributed by atoms with van der Waals surface area (Å²) in [6.45, 7) is 5.15. The first-order valence-corrected chi connectivity index (χ1v) is 8.33. The molecule has 1 amide bonds. The molecule has 5 heteroatoms. The Morgan fingerprint density at radius 3 is 2.78 bits per heavy atom. The second-order valence-electron chi connectivity index (χ2n) is 6.45. The lowest BCUT2D eigenvalue weighted by Crippen LogP contribution is -2.47. The lowest BCUT2D eigenvalue weighted by molar-refractivity contribution is 0.0664. The summed E-state index contributed by atoms with van der Waals surface area (Å²) in [4.78, 5) is 22.3. The molecule has 0 spiro atoms. The van der Waals surface area contributed by atoms with Crippen LogP contribution in [0.2, 0.25) is 0 Å². The van der Waals surface area contributed by atoms with Crippen LogP contribution >= 0.6 is 0 Å². The summed E-state index contributed by atoms with van der Waals surface area (Å²) in [7, 11) is 2.11. The lowest BCUT2D eigenvalue weighted by Gasteiger charge is -2.33. The van der Waals surface area contributed by atoms with Gasteiger partial charge in [-0.2, -0.15) is 0 Å². The maximum atomic E-state index is 13.2. The fraction of sp³-hybridized carbons (Fsp3) is 0.444. The largest absolute Gasteiger partial charge is 0.336 e. The molecule has 1 aromatic heterocycles. The molecule has 0 saturated carbocycles. The van der Waals surface area contributed by atoms with E-state index in [1.165, 1.54) is 0 Å². The molecule has 0 atom stereocenters. The number of hydrogen-bond donors (Lipinski definition) is 1. The molecule has 1 aromatic carbocycles. The van der Waals surface area contributed by atoms with Crippen LogP contribution in [0, 0.1) is 0 Å². The number of nitrogens with zero attached hydrogens (tertiary/aromatic N) is 3. The fourth-order valence-corrected chi connectivity index (χ4v) is 3.53. The third-order valence-corrected chi connectivity index (χ3v) is 4.92. The van der Waals surface area contributed by atoms with Gasteiger partial charge in [0, 0.05) is 62.3 Å². The van der Waals surface area contributed by atoms with Gasteiger partial charge in [0.25, 0.3) is 5.91 Å². The molecule has 4 rings (SSSR count). The van der Waals surface area contributed by atoms with Crippen molar-refractivity contribution in [2.75, 3.05) is 39.8 Å². The molecule has 0 aliphatic carbocycles. The standard InChI is InChI=1S/C18H22N4O/c1-21-8-10-22(11-9-21)18(23)17-13-4-2-3-5-15(13)20-16-6-7-19-12-14(16)17/h2-5,19H,6-12H2,1H3. The van der Waals surface area contributed by atoms with E-state index in [-0.39, 0.29) is 5.91 Å². The number of nitrogens with one attached hydrogen (secondary N) is 1. The normalized spacial score (nSPS) is 18.9. The van der Waals surface area contributed by atoms with Crippen molar-refractivity contribution in [3.8, 4) is 0 Å². The topological polar surface area (TPSA) is 48.5 Å². The summed E-state index contributed by atoms with van der Waals surface area (Å²) in [5, 5.41) is 4.38. The number of likely N-dealkylation sites (N-methyl/N-ethyl adjacent to an activating group) is 1. The summed E-state index contributed by atoms with van der Waals surface area (Å²) in [5.41, 5.74) is 3.98. The van der Waals surface area contributed by atoms with E-state index >= 15 is 0 Å². The van der Waals surface area contributed by atoms with Crippen molar-refractivity contribution in [3.05, 3.63) is 41.1 Å². The van der Waals surface area contributed by atoms with Gasteiger partial charge in [-0.05, 0) is 13.1 Å². The Labute approximate surface area is 136 Å². The number of hydrogen-bond acceptors (Lipinski definition) is 4. The summed E-state index contributed by atoms with van der Waals surface area (Å²) < 4.78 is 0. The minimum absolute atomic E-state index is 0.164. The van der Waals surface area contributed by atoms with Crippen LogP contribution in [0.25, 0.3) is 10.9 Å². The molecule has 0 radical (unpaired) electrons. The number of rotatable bonds is 1. The molecule has 2 aliphatic heterocycles. The first-order valence-electron chi connectivity index (χ1n) is 8.33. The highest BCUT2D eigenvalue weighted by Crippen LogP contribution is 2.27. The molecule has 0 bridgehead atoms. The van der Waals surface area contributed by atoms with Crippen molar-refractivity contribution < 1.29 is 4.79 Å². The number of fused-ring (bicyclic) bond motifs is 2. The van der Waals surface area contributed by atoms with Crippen LogP contribution in [0.3, 0.4) is 0 Å². The summed E-state index contributed by atoms with van der Waals surface area (Å²) >= 11 is 0. The predicted octanol–water partition coefficient (Wildman–Crippen LogP) is 1.27. The molecule has 2 aliphatic rings. The van der Waals surface area contributed by atoms with Crippen molar-refractivity contribution in [3.63, 3.8) is 0 Å². The lowest BCUT2D eigenvalue weighted by atomic mass is 9.95. The molecule has 0 unspecified atom stereocenters. The molecular weight excluding hydrogens is 288 g/mol. The van der Waals surface area contributed by atoms with Gasteiger partial charge in [-0.1, -0.05) is 18.2 Å². The molecular formula is C18H22N4O. The second-order valence-corrected chi connectivity index (χ2v) is 6.45. The van der Waals surface area contributed by atoms with E-state index in [1.807, 2.05) is 29.2 Å². The van der Waals surface area contributed by atoms with Crippen LogP contribution in [-0.2, 0) is 13.0 Å². The Kier molecular flexibility index (Phi) is 3.75. The molecule has 120 valence electrons. The monoisotopic (exact) mass is 310 g/mol. The predicted molar refractivity (Wildman–Crippen MR) is 90.6 cm³/mol. The van der Waals surface area contributed by atoms with Gasteiger partial charge in [-0.25, -0.2) is 0 Å². The maximum absolute atomic E-state index is 13.2. The quantitative estimate of drug-likeness (QED) is 0.862. The van der Waals surface area contributed by atoms with E-state index in [4.69, 9.17) is 4.98 Å². The number of aromatic nitrogens is 1. The van der Waals surface area contributed by atoms with Gasteiger partial charge in [0.05, 0.1) is 11.1 Å². The highest BCUT2D eigenvalue weighted by Gasteiger charge is 2.27. The Hall–Kier alpha value is -1.98. The smallest absolute Gasteiger partial charge is 0.255 e. The van der Waals surface area contributed by atoms with E-state index in [0.717, 1.165) is 73.4 Å². The highest BCUT2D eigenvalue weighted by atomic mass is 16.2. The number of carbonyl (C=O) groups is 1. The number of para-hydroxylation sites is 1. The van der Waals surface area contributed by atoms with Crippen molar-refractivity contribution in [1.82, 2.24) is 20.1 Å². The molecule has 1 fully saturated rings. The van der Waals surface area contributed by atoms with Crippen molar-refractivity contribution >= 4 is 16.8 Å². The zero-order chi connectivity index (χ0) is 15.8. The van der Waals surface area contributed by atoms with E-state index in [1.54, 1.807) is 0 Å². The Morgan fingerprint density at radius 1 is 1.17 bits per heavy atom. The first-order chi connectivity index (χ1) is 11.2. The van der Waals surface area contributed by atoms with Gasteiger partial charge in [0.2, 0.25) is 0 Å². The number of amides is 1. The van der Waals surface area contributed by atoms with Crippen molar-refractivity contribution in [2.24, 2.45) is 0 Å². The third-order valence-electron chi connectivity index (χ3n) is 4.92. The van der Waals surface area contributed by atoms with Crippen LogP contribution in [-0.4, -0.2) is 60.5 Å². The van der Waals surface area contributed by atoms with Crippen LogP contribution in [0.5, 0.6) is 0 Å². The van der Waals surface area contributed by atoms with Crippen LogP contribution < -0.4 is 5.32 Å². The third kappa shape index (κ3) is 2.60. The van der Waals surface area contributed by atoms with E-state index in [0.29, 0.717) is 0 Å². The Bertz CT molecular complexity index is 750. The van der Waals surface area contributed by atoms with Gasteiger partial charge < -0.3 is 15.1 Å². The second kappa shape index (κ2) is 5.91. The first kappa shape index (κ1) is 14.6.